The van der Waals surface area contributed by atoms with Gasteiger partial charge in [-0.1, -0.05) is 36.4 Å². The van der Waals surface area contributed by atoms with E-state index in [1.165, 1.54) is 5.56 Å². The van der Waals surface area contributed by atoms with Crippen LogP contribution in [0.5, 0.6) is 0 Å². The number of hydrogen-bond acceptors (Lipinski definition) is 8. The van der Waals surface area contributed by atoms with Crippen molar-refractivity contribution in [1.82, 2.24) is 14.8 Å². The highest BCUT2D eigenvalue weighted by Gasteiger charge is 2.43. The van der Waals surface area contributed by atoms with Crippen molar-refractivity contribution in [1.29, 1.82) is 0 Å². The molecule has 38 heavy (non-hydrogen) atoms. The molecule has 1 aliphatic carbocycles. The summed E-state index contributed by atoms with van der Waals surface area (Å²) in [5.74, 6) is -0.811. The van der Waals surface area contributed by atoms with Gasteiger partial charge in [-0.15, -0.1) is 0 Å². The van der Waals surface area contributed by atoms with Crippen LogP contribution in [-0.4, -0.2) is 70.1 Å². The molecule has 0 amide bonds. The number of pyridine rings is 1. The van der Waals surface area contributed by atoms with Crippen LogP contribution in [0.2, 0.25) is 0 Å². The van der Waals surface area contributed by atoms with Gasteiger partial charge in [-0.3, -0.25) is 24.3 Å². The highest BCUT2D eigenvalue weighted by atomic mass is 32.2. The number of allylic oxidation sites excluding steroid dienone is 2. The topological polar surface area (TPSA) is 89.0 Å². The van der Waals surface area contributed by atoms with E-state index in [9.17, 15) is 14.4 Å². The van der Waals surface area contributed by atoms with Gasteiger partial charge < -0.3 is 13.8 Å². The molecule has 3 aliphatic heterocycles. The van der Waals surface area contributed by atoms with Crippen LogP contribution in [0.4, 0.5) is 0 Å². The second kappa shape index (κ2) is 9.96. The van der Waals surface area contributed by atoms with Gasteiger partial charge in [0.2, 0.25) is 0 Å². The summed E-state index contributed by atoms with van der Waals surface area (Å²) >= 11 is 0. The molecule has 8 nitrogen and oxygen atoms in total. The summed E-state index contributed by atoms with van der Waals surface area (Å²) in [4.78, 5) is 49.4. The molecule has 4 heterocycles. The molecule has 2 bridgehead atoms. The van der Waals surface area contributed by atoms with Crippen molar-refractivity contribution in [3.8, 4) is 0 Å². The van der Waals surface area contributed by atoms with Crippen LogP contribution in [0.3, 0.4) is 0 Å². The van der Waals surface area contributed by atoms with Crippen LogP contribution >= 0.6 is 10.8 Å². The van der Waals surface area contributed by atoms with E-state index in [0.29, 0.717) is 39.9 Å². The number of Topliss-reactive ketones (excluding diaryl/α,β-unsaturated/α-hetero) is 1. The normalized spacial score (nSPS) is 24.2. The average molecular weight is 532 g/mol. The minimum absolute atomic E-state index is 0.0683. The van der Waals surface area contributed by atoms with Gasteiger partial charge in [0.05, 0.1) is 39.6 Å². The lowest BCUT2D eigenvalue weighted by Crippen LogP contribution is -2.51. The molecule has 1 fully saturated rings. The number of rotatable bonds is 3. The van der Waals surface area contributed by atoms with E-state index in [1.54, 1.807) is 13.1 Å². The SMILES string of the molecule is CC1=C2OC(=O)CCC(=O)OS1=C1C(=O)Cc3cccnc3C(N3CCN(C)[C@@H](Cc4ccccc4)C3)=C21. The Labute approximate surface area is 224 Å². The molecule has 2 aromatic rings. The van der Waals surface area contributed by atoms with Crippen molar-refractivity contribution in [3.05, 3.63) is 81.7 Å². The largest absolute Gasteiger partial charge is 0.425 e. The lowest BCUT2D eigenvalue weighted by atomic mass is 9.99. The lowest BCUT2D eigenvalue weighted by molar-refractivity contribution is -0.142. The molecule has 1 unspecified atom stereocenters. The van der Waals surface area contributed by atoms with Crippen molar-refractivity contribution in [2.45, 2.75) is 38.6 Å². The fourth-order valence-corrected chi connectivity index (χ4v) is 7.28. The van der Waals surface area contributed by atoms with Gasteiger partial charge in [0, 0.05) is 49.1 Å². The number of fused-ring (bicyclic) bond motifs is 4. The summed E-state index contributed by atoms with van der Waals surface area (Å²) in [7, 11) is 0.910. The third kappa shape index (κ3) is 4.39. The second-order valence-electron chi connectivity index (χ2n) is 10.0. The summed E-state index contributed by atoms with van der Waals surface area (Å²) in [5.41, 5.74) is 4.12. The first-order valence-corrected chi connectivity index (χ1v) is 14.0. The number of aromatic nitrogens is 1. The van der Waals surface area contributed by atoms with Crippen molar-refractivity contribution < 1.29 is 23.3 Å². The van der Waals surface area contributed by atoms with Crippen LogP contribution in [-0.2, 0) is 36.1 Å². The molecule has 0 saturated carbocycles. The van der Waals surface area contributed by atoms with Crippen molar-refractivity contribution in [3.63, 3.8) is 0 Å². The molecular weight excluding hydrogens is 502 g/mol. The molecule has 2 atom stereocenters. The molecule has 1 aromatic carbocycles. The van der Waals surface area contributed by atoms with Crippen LogP contribution in [0, 0.1) is 0 Å². The Morgan fingerprint density at radius 1 is 1.03 bits per heavy atom. The molecule has 6 rings (SSSR count). The van der Waals surface area contributed by atoms with Gasteiger partial charge in [-0.2, -0.15) is 0 Å². The van der Waals surface area contributed by atoms with E-state index in [2.05, 4.69) is 41.1 Å². The van der Waals surface area contributed by atoms with Crippen molar-refractivity contribution in [2.75, 3.05) is 26.7 Å². The van der Waals surface area contributed by atoms with E-state index in [-0.39, 0.29) is 31.1 Å². The maximum absolute atomic E-state index is 13.8. The van der Waals surface area contributed by atoms with Crippen LogP contribution in [0.25, 0.3) is 5.70 Å². The van der Waals surface area contributed by atoms with Crippen LogP contribution in [0.1, 0.15) is 36.6 Å². The monoisotopic (exact) mass is 531 g/mol. The number of ketones is 1. The summed E-state index contributed by atoms with van der Waals surface area (Å²) in [5, 5.41) is 0. The summed E-state index contributed by atoms with van der Waals surface area (Å²) < 4.78 is 11.7. The molecule has 9 heteroatoms. The van der Waals surface area contributed by atoms with Crippen molar-refractivity contribution in [2.24, 2.45) is 0 Å². The fraction of sp³-hybridized carbons (Fsp3) is 0.345. The first kappa shape index (κ1) is 24.8. The van der Waals surface area contributed by atoms with Gasteiger partial charge in [0.1, 0.15) is 0 Å². The molecular formula is C29H29N3O5S. The smallest absolute Gasteiger partial charge is 0.318 e. The summed E-state index contributed by atoms with van der Waals surface area (Å²) in [6, 6.07) is 14.4. The Hall–Kier alpha value is -3.56. The Morgan fingerprint density at radius 2 is 1.82 bits per heavy atom. The van der Waals surface area contributed by atoms with Crippen molar-refractivity contribution >= 4 is 39.0 Å². The molecule has 0 N–H and O–H groups in total. The number of carbonyl (C=O) groups is 3. The quantitative estimate of drug-likeness (QED) is 0.441. The first-order chi connectivity index (χ1) is 18.4. The number of piperazine rings is 1. The van der Waals surface area contributed by atoms with E-state index < -0.39 is 22.7 Å². The molecule has 0 spiro atoms. The van der Waals surface area contributed by atoms with E-state index in [0.717, 1.165) is 24.2 Å². The summed E-state index contributed by atoms with van der Waals surface area (Å²) in [6.45, 7) is 4.02. The highest BCUT2D eigenvalue weighted by Crippen LogP contribution is 2.48. The van der Waals surface area contributed by atoms with E-state index in [4.69, 9.17) is 13.9 Å². The molecule has 4 aliphatic rings. The number of carbonyl (C=O) groups excluding carboxylic acids is 3. The Kier molecular flexibility index (Phi) is 6.49. The minimum Gasteiger partial charge on any atom is -0.425 e. The van der Waals surface area contributed by atoms with Gasteiger partial charge in [-0.25, -0.2) is 0 Å². The van der Waals surface area contributed by atoms with E-state index in [1.807, 2.05) is 18.2 Å². The molecule has 196 valence electrons. The number of nitrogens with zero attached hydrogens (tertiary/aromatic N) is 3. The van der Waals surface area contributed by atoms with E-state index >= 15 is 0 Å². The predicted octanol–water partition coefficient (Wildman–Crippen LogP) is 3.26. The number of hydrogen-bond donors (Lipinski definition) is 0. The zero-order valence-electron chi connectivity index (χ0n) is 21.4. The number of likely N-dealkylation sites (N-methyl/N-ethyl adjacent to an activating group) is 1. The highest BCUT2D eigenvalue weighted by molar-refractivity contribution is 8.17. The Balaban J connectivity index is 1.53. The molecule has 0 radical (unpaired) electrons. The van der Waals surface area contributed by atoms with Gasteiger partial charge in [0.25, 0.3) is 0 Å². The minimum atomic E-state index is -1.23. The summed E-state index contributed by atoms with van der Waals surface area (Å²) in [6.07, 6.45) is 2.60. The first-order valence-electron chi connectivity index (χ1n) is 12.9. The standard InChI is InChI=1S/C29H29N3O5S/c1-18-28-25-27(32-14-13-31(2)21(17-32)15-19-7-4-3-5-8-19)26-20(9-6-12-30-26)16-22(33)29(25)38(18)37-24(35)11-10-23(34)36-28/h3-9,12,21H,10-11,13-17H2,1-2H3/t21-,38?/m0/s1. The number of esters is 1. The van der Waals surface area contributed by atoms with Gasteiger partial charge in [-0.05, 0) is 37.6 Å². The van der Waals surface area contributed by atoms with Crippen LogP contribution < -0.4 is 0 Å². The van der Waals surface area contributed by atoms with Crippen LogP contribution in [0.15, 0.2) is 64.9 Å². The Bertz CT molecular complexity index is 1450. The third-order valence-corrected chi connectivity index (χ3v) is 9.42. The number of ether oxygens (including phenoxy) is 1. The van der Waals surface area contributed by atoms with Gasteiger partial charge >= 0.3 is 11.9 Å². The zero-order chi connectivity index (χ0) is 26.4. The fourth-order valence-electron chi connectivity index (χ4n) is 5.53. The Morgan fingerprint density at radius 3 is 2.63 bits per heavy atom. The third-order valence-electron chi connectivity index (χ3n) is 7.53. The molecule has 1 aromatic heterocycles. The predicted molar refractivity (Wildman–Crippen MR) is 145 cm³/mol. The second-order valence-corrected chi connectivity index (χ2v) is 11.7. The average Bonchev–Trinajstić information content (AvgIpc) is 3.11. The lowest BCUT2D eigenvalue weighted by Gasteiger charge is -2.42. The van der Waals surface area contributed by atoms with Gasteiger partial charge in [0.15, 0.2) is 11.5 Å². The zero-order valence-corrected chi connectivity index (χ0v) is 22.3. The maximum atomic E-state index is 13.8. The number of benzene rings is 1. The molecule has 1 saturated heterocycles. The maximum Gasteiger partial charge on any atom is 0.318 e.